The van der Waals surface area contributed by atoms with Gasteiger partial charge in [-0.3, -0.25) is 14.5 Å². The number of amides is 2. The lowest BCUT2D eigenvalue weighted by Gasteiger charge is -2.34. The maximum absolute atomic E-state index is 13.0. The molecule has 2 aliphatic rings. The Morgan fingerprint density at radius 3 is 2.33 bits per heavy atom. The molecule has 6 nitrogen and oxygen atoms in total. The van der Waals surface area contributed by atoms with Crippen molar-refractivity contribution in [1.29, 1.82) is 0 Å². The SMILES string of the molecule is O=C(c1ccc(CN2C(=O)CSc3ncccc32)cc1)N1CCN(Cc2ccccc2)CC1. The second-order valence-corrected chi connectivity index (χ2v) is 9.31. The van der Waals surface area contributed by atoms with Crippen LogP contribution in [0.25, 0.3) is 0 Å². The van der Waals surface area contributed by atoms with Crippen molar-refractivity contribution in [2.75, 3.05) is 36.8 Å². The molecule has 2 amide bonds. The highest BCUT2D eigenvalue weighted by atomic mass is 32.2. The van der Waals surface area contributed by atoms with Crippen molar-refractivity contribution in [3.8, 4) is 0 Å². The van der Waals surface area contributed by atoms with Crippen molar-refractivity contribution < 1.29 is 9.59 Å². The number of pyridine rings is 1. The minimum atomic E-state index is 0.0703. The molecule has 1 saturated heterocycles. The van der Waals surface area contributed by atoms with E-state index < -0.39 is 0 Å². The summed E-state index contributed by atoms with van der Waals surface area (Å²) in [5.41, 5.74) is 3.84. The van der Waals surface area contributed by atoms with Gasteiger partial charge in [-0.05, 0) is 35.4 Å². The molecule has 0 N–H and O–H groups in total. The Bertz CT molecular complexity index is 1130. The van der Waals surface area contributed by atoms with Gasteiger partial charge in [-0.1, -0.05) is 54.2 Å². The van der Waals surface area contributed by atoms with Crippen LogP contribution in [0.5, 0.6) is 0 Å². The Labute approximate surface area is 198 Å². The maximum atomic E-state index is 13.0. The van der Waals surface area contributed by atoms with Gasteiger partial charge in [-0.25, -0.2) is 4.98 Å². The summed E-state index contributed by atoms with van der Waals surface area (Å²) in [6.07, 6.45) is 1.75. The summed E-state index contributed by atoms with van der Waals surface area (Å²) in [7, 11) is 0. The van der Waals surface area contributed by atoms with Crippen molar-refractivity contribution in [3.63, 3.8) is 0 Å². The Hall–Kier alpha value is -3.16. The van der Waals surface area contributed by atoms with Crippen molar-refractivity contribution in [1.82, 2.24) is 14.8 Å². The normalized spacial score (nSPS) is 16.5. The number of nitrogens with zero attached hydrogens (tertiary/aromatic N) is 4. The van der Waals surface area contributed by atoms with Crippen LogP contribution in [0.15, 0.2) is 78.0 Å². The highest BCUT2D eigenvalue weighted by Gasteiger charge is 2.26. The van der Waals surface area contributed by atoms with Crippen molar-refractivity contribution in [3.05, 3.63) is 89.6 Å². The van der Waals surface area contributed by atoms with Gasteiger partial charge in [-0.15, -0.1) is 0 Å². The molecule has 2 aromatic carbocycles. The molecule has 0 bridgehead atoms. The Morgan fingerprint density at radius 1 is 0.848 bits per heavy atom. The lowest BCUT2D eigenvalue weighted by molar-refractivity contribution is -0.116. The van der Waals surface area contributed by atoms with E-state index in [9.17, 15) is 9.59 Å². The first kappa shape index (κ1) is 21.7. The minimum Gasteiger partial charge on any atom is -0.336 e. The molecular formula is C26H26N4O2S. The largest absolute Gasteiger partial charge is 0.336 e. The van der Waals surface area contributed by atoms with Crippen LogP contribution in [0.3, 0.4) is 0 Å². The van der Waals surface area contributed by atoms with Crippen LogP contribution in [-0.4, -0.2) is 58.5 Å². The summed E-state index contributed by atoms with van der Waals surface area (Å²) in [5, 5.41) is 0.885. The van der Waals surface area contributed by atoms with E-state index in [1.807, 2.05) is 47.4 Å². The van der Waals surface area contributed by atoms with Crippen LogP contribution < -0.4 is 4.90 Å². The van der Waals surface area contributed by atoms with Gasteiger partial charge in [0.1, 0.15) is 5.03 Å². The molecule has 0 aliphatic carbocycles. The van der Waals surface area contributed by atoms with Gasteiger partial charge in [0.25, 0.3) is 5.91 Å². The Kier molecular flexibility index (Phi) is 6.41. The number of carbonyl (C=O) groups is 2. The van der Waals surface area contributed by atoms with Crippen LogP contribution in [0, 0.1) is 0 Å². The number of aromatic nitrogens is 1. The number of carbonyl (C=O) groups excluding carboxylic acids is 2. The number of fused-ring (bicyclic) bond motifs is 1. The first-order chi connectivity index (χ1) is 16.2. The number of thioether (sulfide) groups is 1. The number of rotatable bonds is 5. The number of hydrogen-bond donors (Lipinski definition) is 0. The van der Waals surface area contributed by atoms with E-state index in [2.05, 4.69) is 34.1 Å². The van der Waals surface area contributed by atoms with Gasteiger partial charge in [-0.2, -0.15) is 0 Å². The first-order valence-electron chi connectivity index (χ1n) is 11.2. The summed E-state index contributed by atoms with van der Waals surface area (Å²) >= 11 is 1.48. The van der Waals surface area contributed by atoms with Gasteiger partial charge in [0.15, 0.2) is 0 Å². The fourth-order valence-corrected chi connectivity index (χ4v) is 5.16. The third-order valence-corrected chi connectivity index (χ3v) is 7.10. The molecule has 3 heterocycles. The van der Waals surface area contributed by atoms with Crippen molar-refractivity contribution in [2.24, 2.45) is 0 Å². The third kappa shape index (κ3) is 4.94. The van der Waals surface area contributed by atoms with Gasteiger partial charge >= 0.3 is 0 Å². The second kappa shape index (κ2) is 9.77. The lowest BCUT2D eigenvalue weighted by atomic mass is 10.1. The summed E-state index contributed by atoms with van der Waals surface area (Å²) in [6.45, 7) is 4.62. The van der Waals surface area contributed by atoms with E-state index in [1.54, 1.807) is 11.1 Å². The molecule has 1 aromatic heterocycles. The molecule has 168 valence electrons. The lowest BCUT2D eigenvalue weighted by Crippen LogP contribution is -2.48. The van der Waals surface area contributed by atoms with Crippen LogP contribution in [0.1, 0.15) is 21.5 Å². The quantitative estimate of drug-likeness (QED) is 0.584. The molecule has 0 spiro atoms. The standard InChI is InChI=1S/C26H26N4O2S/c31-24-19-33-25-23(7-4-12-27-25)30(24)18-21-8-10-22(11-9-21)26(32)29-15-13-28(14-16-29)17-20-5-2-1-3-6-20/h1-12H,13-19H2. The molecule has 0 unspecified atom stereocenters. The molecule has 5 rings (SSSR count). The number of piperazine rings is 1. The molecule has 1 fully saturated rings. The monoisotopic (exact) mass is 458 g/mol. The van der Waals surface area contributed by atoms with Gasteiger partial charge in [0, 0.05) is 44.5 Å². The van der Waals surface area contributed by atoms with E-state index in [4.69, 9.17) is 0 Å². The van der Waals surface area contributed by atoms with E-state index in [0.717, 1.165) is 49.0 Å². The number of hydrogen-bond acceptors (Lipinski definition) is 5. The van der Waals surface area contributed by atoms with Crippen LogP contribution in [-0.2, 0) is 17.9 Å². The van der Waals surface area contributed by atoms with Crippen molar-refractivity contribution >= 4 is 29.3 Å². The van der Waals surface area contributed by atoms with Crippen LogP contribution >= 0.6 is 11.8 Å². The van der Waals surface area contributed by atoms with E-state index in [1.165, 1.54) is 17.3 Å². The Morgan fingerprint density at radius 2 is 1.58 bits per heavy atom. The topological polar surface area (TPSA) is 56.8 Å². The zero-order chi connectivity index (χ0) is 22.6. The summed E-state index contributed by atoms with van der Waals surface area (Å²) in [4.78, 5) is 36.0. The molecule has 3 aromatic rings. The second-order valence-electron chi connectivity index (χ2n) is 8.35. The fraction of sp³-hybridized carbons (Fsp3) is 0.269. The highest BCUT2D eigenvalue weighted by Crippen LogP contribution is 2.34. The summed E-state index contributed by atoms with van der Waals surface area (Å²) < 4.78 is 0. The fourth-order valence-electron chi connectivity index (χ4n) is 4.28. The Balaban J connectivity index is 1.19. The molecule has 33 heavy (non-hydrogen) atoms. The number of anilines is 1. The minimum absolute atomic E-state index is 0.0703. The van der Waals surface area contributed by atoms with E-state index in [-0.39, 0.29) is 11.8 Å². The smallest absolute Gasteiger partial charge is 0.253 e. The van der Waals surface area contributed by atoms with E-state index >= 15 is 0 Å². The average Bonchev–Trinajstić information content (AvgIpc) is 2.87. The molecule has 7 heteroatoms. The zero-order valence-electron chi connectivity index (χ0n) is 18.4. The summed E-state index contributed by atoms with van der Waals surface area (Å²) in [5.74, 6) is 0.548. The van der Waals surface area contributed by atoms with Gasteiger partial charge < -0.3 is 9.80 Å². The van der Waals surface area contributed by atoms with E-state index in [0.29, 0.717) is 17.9 Å². The molecule has 0 radical (unpaired) electrons. The summed E-state index contributed by atoms with van der Waals surface area (Å²) in [6, 6.07) is 21.9. The number of benzene rings is 2. The molecule has 0 saturated carbocycles. The van der Waals surface area contributed by atoms with Crippen molar-refractivity contribution in [2.45, 2.75) is 18.1 Å². The first-order valence-corrected chi connectivity index (χ1v) is 12.2. The zero-order valence-corrected chi connectivity index (χ0v) is 19.2. The third-order valence-electron chi connectivity index (χ3n) is 6.13. The average molecular weight is 459 g/mol. The maximum Gasteiger partial charge on any atom is 0.253 e. The van der Waals surface area contributed by atoms with Gasteiger partial charge in [0.2, 0.25) is 5.91 Å². The highest BCUT2D eigenvalue weighted by molar-refractivity contribution is 8.00. The molecule has 2 aliphatic heterocycles. The molecule has 0 atom stereocenters. The van der Waals surface area contributed by atoms with Gasteiger partial charge in [0.05, 0.1) is 18.0 Å². The molecular weight excluding hydrogens is 432 g/mol. The van der Waals surface area contributed by atoms with Crippen LogP contribution in [0.4, 0.5) is 5.69 Å². The predicted octanol–water partition coefficient (Wildman–Crippen LogP) is 3.68. The van der Waals surface area contributed by atoms with Crippen LogP contribution in [0.2, 0.25) is 0 Å². The predicted molar refractivity (Wildman–Crippen MR) is 130 cm³/mol.